The van der Waals surface area contributed by atoms with E-state index in [9.17, 15) is 9.59 Å². The molecule has 23 heavy (non-hydrogen) atoms. The quantitative estimate of drug-likeness (QED) is 0.847. The molecule has 0 unspecified atom stereocenters. The number of alkyl carbamates (subject to hydrolysis) is 1. The number of fused-ring (bicyclic) bond motifs is 1. The van der Waals surface area contributed by atoms with E-state index in [0.29, 0.717) is 26.1 Å². The molecule has 1 aromatic rings. The van der Waals surface area contributed by atoms with Crippen LogP contribution in [0.5, 0.6) is 0 Å². The first-order valence-corrected chi connectivity index (χ1v) is 8.48. The maximum atomic E-state index is 12.9. The van der Waals surface area contributed by atoms with Crippen molar-refractivity contribution in [3.8, 4) is 0 Å². The normalized spacial score (nSPS) is 27.3. The van der Waals surface area contributed by atoms with Crippen molar-refractivity contribution in [1.82, 2.24) is 20.0 Å². The molecule has 0 radical (unpaired) electrons. The fourth-order valence-electron chi connectivity index (χ4n) is 3.92. The molecule has 1 N–H and O–H groups in total. The Morgan fingerprint density at radius 1 is 1.22 bits per heavy atom. The molecule has 0 saturated carbocycles. The van der Waals surface area contributed by atoms with Crippen LogP contribution in [0.25, 0.3) is 0 Å². The van der Waals surface area contributed by atoms with Crippen molar-refractivity contribution in [2.75, 3.05) is 19.6 Å². The van der Waals surface area contributed by atoms with Crippen LogP contribution in [-0.2, 0) is 17.7 Å². The molecule has 0 bridgehead atoms. The molecule has 3 aliphatic heterocycles. The van der Waals surface area contributed by atoms with Crippen molar-refractivity contribution in [3.05, 3.63) is 17.5 Å². The predicted octanol–water partition coefficient (Wildman–Crippen LogP) is 1.32. The van der Waals surface area contributed by atoms with Crippen LogP contribution in [0.3, 0.4) is 0 Å². The maximum Gasteiger partial charge on any atom is 0.407 e. The lowest BCUT2D eigenvalue weighted by molar-refractivity contribution is 0.0438. The molecule has 7 nitrogen and oxygen atoms in total. The minimum absolute atomic E-state index is 0.0717. The molecule has 2 fully saturated rings. The third-order valence-corrected chi connectivity index (χ3v) is 5.26. The number of nitrogens with one attached hydrogen (secondary N) is 1. The summed E-state index contributed by atoms with van der Waals surface area (Å²) in [5, 5.41) is 7.11. The van der Waals surface area contributed by atoms with Gasteiger partial charge in [0.25, 0.3) is 5.91 Å². The van der Waals surface area contributed by atoms with Crippen molar-refractivity contribution in [1.29, 1.82) is 0 Å². The second-order valence-corrected chi connectivity index (χ2v) is 6.76. The Morgan fingerprint density at radius 3 is 2.96 bits per heavy atom. The first-order valence-electron chi connectivity index (χ1n) is 8.48. The summed E-state index contributed by atoms with van der Waals surface area (Å²) in [4.78, 5) is 26.2. The zero-order valence-corrected chi connectivity index (χ0v) is 13.2. The van der Waals surface area contributed by atoms with Gasteiger partial charge in [0.2, 0.25) is 0 Å². The minimum atomic E-state index is -0.426. The van der Waals surface area contributed by atoms with Crippen LogP contribution in [-0.4, -0.2) is 51.9 Å². The Hall–Kier alpha value is -2.05. The van der Waals surface area contributed by atoms with Crippen LogP contribution >= 0.6 is 0 Å². The van der Waals surface area contributed by atoms with Gasteiger partial charge < -0.3 is 15.0 Å². The van der Waals surface area contributed by atoms with Crippen LogP contribution in [0.1, 0.15) is 48.2 Å². The smallest absolute Gasteiger partial charge is 0.407 e. The van der Waals surface area contributed by atoms with E-state index in [1.165, 1.54) is 0 Å². The number of carbonyl (C=O) groups is 2. The van der Waals surface area contributed by atoms with Crippen LogP contribution in [0.2, 0.25) is 0 Å². The van der Waals surface area contributed by atoms with Crippen molar-refractivity contribution < 1.29 is 14.3 Å². The van der Waals surface area contributed by atoms with Gasteiger partial charge in [-0.15, -0.1) is 0 Å². The lowest BCUT2D eigenvalue weighted by atomic mass is 9.95. The average molecular weight is 318 g/mol. The molecular weight excluding hydrogens is 296 g/mol. The van der Waals surface area contributed by atoms with E-state index in [2.05, 4.69) is 10.4 Å². The summed E-state index contributed by atoms with van der Waals surface area (Å²) >= 11 is 0. The van der Waals surface area contributed by atoms with Gasteiger partial charge in [0, 0.05) is 26.1 Å². The van der Waals surface area contributed by atoms with E-state index in [0.717, 1.165) is 49.9 Å². The number of aromatic nitrogens is 2. The average Bonchev–Trinajstić information content (AvgIpc) is 3.07. The van der Waals surface area contributed by atoms with E-state index in [4.69, 9.17) is 4.74 Å². The predicted molar refractivity (Wildman–Crippen MR) is 82.1 cm³/mol. The van der Waals surface area contributed by atoms with Gasteiger partial charge in [-0.3, -0.25) is 9.48 Å². The first-order chi connectivity index (χ1) is 11.2. The van der Waals surface area contributed by atoms with Crippen molar-refractivity contribution >= 4 is 12.0 Å². The van der Waals surface area contributed by atoms with Gasteiger partial charge in [-0.25, -0.2) is 4.79 Å². The summed E-state index contributed by atoms with van der Waals surface area (Å²) in [6.45, 7) is 2.80. The summed E-state index contributed by atoms with van der Waals surface area (Å²) in [6, 6.07) is 0. The van der Waals surface area contributed by atoms with Gasteiger partial charge in [-0.1, -0.05) is 0 Å². The SMILES string of the molecule is O=C1NC[C@@]2(CCCN(C(=O)c3cnn4c3CCCC4)CC2)O1. The van der Waals surface area contributed by atoms with Crippen LogP contribution in [0.15, 0.2) is 6.20 Å². The van der Waals surface area contributed by atoms with Gasteiger partial charge in [0.05, 0.1) is 24.0 Å². The van der Waals surface area contributed by atoms with Crippen LogP contribution in [0, 0.1) is 0 Å². The molecule has 2 amide bonds. The third kappa shape index (κ3) is 2.58. The highest BCUT2D eigenvalue weighted by Crippen LogP contribution is 2.30. The number of amides is 2. The lowest BCUT2D eigenvalue weighted by Gasteiger charge is -2.25. The van der Waals surface area contributed by atoms with E-state index in [1.54, 1.807) is 6.20 Å². The Morgan fingerprint density at radius 2 is 2.13 bits per heavy atom. The summed E-state index contributed by atoms with van der Waals surface area (Å²) in [6.07, 6.45) is 6.92. The molecule has 0 aliphatic carbocycles. The summed E-state index contributed by atoms with van der Waals surface area (Å²) < 4.78 is 7.45. The fourth-order valence-corrected chi connectivity index (χ4v) is 3.92. The van der Waals surface area contributed by atoms with E-state index >= 15 is 0 Å². The third-order valence-electron chi connectivity index (χ3n) is 5.26. The van der Waals surface area contributed by atoms with E-state index in [-0.39, 0.29) is 12.0 Å². The van der Waals surface area contributed by atoms with Gasteiger partial charge in [-0.05, 0) is 32.1 Å². The molecule has 3 aliphatic rings. The minimum Gasteiger partial charge on any atom is -0.441 e. The molecule has 0 aromatic carbocycles. The highest BCUT2D eigenvalue weighted by molar-refractivity contribution is 5.95. The number of rotatable bonds is 1. The summed E-state index contributed by atoms with van der Waals surface area (Å²) in [5.41, 5.74) is 1.40. The zero-order valence-electron chi connectivity index (χ0n) is 13.2. The molecule has 124 valence electrons. The first kappa shape index (κ1) is 14.5. The van der Waals surface area contributed by atoms with Crippen LogP contribution in [0.4, 0.5) is 4.79 Å². The number of hydrogen-bond donors (Lipinski definition) is 1. The van der Waals surface area contributed by atoms with Crippen LogP contribution < -0.4 is 5.32 Å². The fraction of sp³-hybridized carbons (Fsp3) is 0.688. The molecule has 1 aromatic heterocycles. The Kier molecular flexibility index (Phi) is 3.50. The van der Waals surface area contributed by atoms with Crippen molar-refractivity contribution in [2.45, 2.75) is 50.7 Å². The molecule has 1 atom stereocenters. The number of ether oxygens (including phenoxy) is 1. The van der Waals surface area contributed by atoms with Gasteiger partial charge in [0.1, 0.15) is 5.60 Å². The van der Waals surface area contributed by atoms with Crippen molar-refractivity contribution in [2.24, 2.45) is 0 Å². The van der Waals surface area contributed by atoms with Gasteiger partial charge >= 0.3 is 6.09 Å². The number of likely N-dealkylation sites (tertiary alicyclic amines) is 1. The zero-order chi connectivity index (χ0) is 15.9. The maximum absolute atomic E-state index is 12.9. The lowest BCUT2D eigenvalue weighted by Crippen LogP contribution is -2.36. The monoisotopic (exact) mass is 318 g/mol. The highest BCUT2D eigenvalue weighted by Gasteiger charge is 2.42. The molecule has 4 rings (SSSR count). The topological polar surface area (TPSA) is 76.5 Å². The van der Waals surface area contributed by atoms with E-state index < -0.39 is 5.60 Å². The standard InChI is InChI=1S/C16H22N4O3/c21-14(12-10-18-20-8-2-1-4-13(12)20)19-7-3-5-16(6-9-19)11-17-15(22)23-16/h10H,1-9,11H2,(H,17,22)/t16-/m0/s1. The largest absolute Gasteiger partial charge is 0.441 e. The summed E-state index contributed by atoms with van der Waals surface area (Å²) in [5.74, 6) is 0.0717. The Bertz CT molecular complexity index is 641. The van der Waals surface area contributed by atoms with Crippen molar-refractivity contribution in [3.63, 3.8) is 0 Å². The van der Waals surface area contributed by atoms with Gasteiger partial charge in [-0.2, -0.15) is 5.10 Å². The number of nitrogens with zero attached hydrogens (tertiary/aromatic N) is 3. The Labute approximate surface area is 135 Å². The summed E-state index contributed by atoms with van der Waals surface area (Å²) in [7, 11) is 0. The molecule has 7 heteroatoms. The second kappa shape index (κ2) is 5.54. The second-order valence-electron chi connectivity index (χ2n) is 6.76. The molecule has 2 saturated heterocycles. The highest BCUT2D eigenvalue weighted by atomic mass is 16.6. The molecular formula is C16H22N4O3. The number of hydrogen-bond acceptors (Lipinski definition) is 4. The van der Waals surface area contributed by atoms with E-state index in [1.807, 2.05) is 9.58 Å². The number of carbonyl (C=O) groups excluding carboxylic acids is 2. The molecule has 1 spiro atoms. The Balaban J connectivity index is 1.49. The van der Waals surface area contributed by atoms with Gasteiger partial charge in [0.15, 0.2) is 0 Å². The number of aryl methyl sites for hydroxylation is 1. The molecule has 4 heterocycles.